The third-order valence-corrected chi connectivity index (χ3v) is 5.83. The Kier molecular flexibility index (Phi) is 6.34. The average molecular weight is 472 g/mol. The third-order valence-electron chi connectivity index (χ3n) is 5.83. The lowest BCUT2D eigenvalue weighted by Crippen LogP contribution is -2.35. The molecule has 0 amide bonds. The van der Waals surface area contributed by atoms with Crippen molar-refractivity contribution >= 4 is 6.72 Å². The largest absolute Gasteiger partial charge is 0.487 e. The third kappa shape index (κ3) is 4.82. The first-order chi connectivity index (χ1) is 17.1. The van der Waals surface area contributed by atoms with E-state index in [0.717, 1.165) is 22.6 Å². The minimum atomic E-state index is -0.342. The smallest absolute Gasteiger partial charge is 0.351 e. The molecule has 178 valence electrons. The van der Waals surface area contributed by atoms with E-state index < -0.39 is 0 Å². The zero-order valence-corrected chi connectivity index (χ0v) is 19.2. The van der Waals surface area contributed by atoms with Crippen molar-refractivity contribution in [2.24, 2.45) is 4.99 Å². The van der Waals surface area contributed by atoms with Crippen LogP contribution in [-0.2, 0) is 13.0 Å². The number of allylic oxidation sites excluding steroid dienone is 2. The van der Waals surface area contributed by atoms with Gasteiger partial charge in [-0.1, -0.05) is 24.8 Å². The zero-order valence-electron chi connectivity index (χ0n) is 19.2. The molecule has 0 N–H and O–H groups in total. The van der Waals surface area contributed by atoms with Crippen molar-refractivity contribution in [1.29, 1.82) is 0 Å². The van der Waals surface area contributed by atoms with Crippen LogP contribution >= 0.6 is 0 Å². The lowest BCUT2D eigenvalue weighted by Gasteiger charge is -2.26. The van der Waals surface area contributed by atoms with Gasteiger partial charge < -0.3 is 18.9 Å². The molecule has 35 heavy (non-hydrogen) atoms. The van der Waals surface area contributed by atoms with E-state index in [2.05, 4.69) is 23.3 Å². The topological polar surface area (TPSA) is 84.2 Å². The molecular formula is C27H25N3O5. The number of nitrogens with zero attached hydrogens (tertiary/aromatic N) is 3. The summed E-state index contributed by atoms with van der Waals surface area (Å²) in [5.74, 6) is 2.36. The second-order valence-electron chi connectivity index (χ2n) is 8.13. The maximum atomic E-state index is 12.7. The van der Waals surface area contributed by atoms with E-state index in [1.54, 1.807) is 22.8 Å². The summed E-state index contributed by atoms with van der Waals surface area (Å²) in [6.45, 7) is 8.61. The molecule has 8 heteroatoms. The molecule has 5 rings (SSSR count). The number of ether oxygens (including phenoxy) is 4. The highest BCUT2D eigenvalue weighted by atomic mass is 16.6. The van der Waals surface area contributed by atoms with Crippen LogP contribution in [-0.4, -0.2) is 42.2 Å². The predicted molar refractivity (Wildman–Crippen MR) is 133 cm³/mol. The summed E-state index contributed by atoms with van der Waals surface area (Å²) >= 11 is 0. The van der Waals surface area contributed by atoms with Crippen molar-refractivity contribution in [3.63, 3.8) is 0 Å². The normalized spacial score (nSPS) is 16.0. The molecule has 2 aromatic carbocycles. The molecule has 2 aliphatic heterocycles. The fourth-order valence-corrected chi connectivity index (χ4v) is 4.11. The van der Waals surface area contributed by atoms with Crippen LogP contribution in [0.2, 0.25) is 0 Å². The Morgan fingerprint density at radius 1 is 1.20 bits per heavy atom. The first-order valence-corrected chi connectivity index (χ1v) is 11.3. The van der Waals surface area contributed by atoms with Gasteiger partial charge in [0.15, 0.2) is 17.6 Å². The summed E-state index contributed by atoms with van der Waals surface area (Å²) < 4.78 is 25.1. The summed E-state index contributed by atoms with van der Waals surface area (Å²) in [5.41, 5.74) is 3.14. The maximum Gasteiger partial charge on any atom is 0.351 e. The number of aromatic nitrogens is 2. The number of hydrogen-bond acceptors (Lipinski definition) is 7. The maximum absolute atomic E-state index is 12.7. The number of para-hydroxylation sites is 2. The molecule has 0 radical (unpaired) electrons. The van der Waals surface area contributed by atoms with Crippen LogP contribution in [0.25, 0.3) is 11.3 Å². The van der Waals surface area contributed by atoms with Crippen LogP contribution in [0.4, 0.5) is 0 Å². The Balaban J connectivity index is 1.31. The van der Waals surface area contributed by atoms with Crippen LogP contribution in [0.3, 0.4) is 0 Å². The Hall–Kier alpha value is -4.33. The standard InChI is InChI=1S/C27H25N3O5/c1-3-6-19(28-2)15-32-20-9-10-22-18(13-20)11-12-30-23(22)14-26(29-27(30)31)34-17-21-16-33-24-7-4-5-8-25(24)35-21/h3-10,13-14,21H,1-2,11-12,15-17H2/b19-6-. The first-order valence-electron chi connectivity index (χ1n) is 11.3. The molecule has 3 heterocycles. The summed E-state index contributed by atoms with van der Waals surface area (Å²) in [5, 5.41) is 0. The van der Waals surface area contributed by atoms with Gasteiger partial charge >= 0.3 is 5.69 Å². The van der Waals surface area contributed by atoms with Crippen molar-refractivity contribution in [2.75, 3.05) is 19.8 Å². The van der Waals surface area contributed by atoms with Crippen LogP contribution in [0.1, 0.15) is 5.56 Å². The Bertz CT molecular complexity index is 1360. The number of benzene rings is 2. The molecule has 0 spiro atoms. The summed E-state index contributed by atoms with van der Waals surface area (Å²) in [6, 6.07) is 15.1. The van der Waals surface area contributed by atoms with E-state index in [1.165, 1.54) is 0 Å². The molecule has 8 nitrogen and oxygen atoms in total. The second kappa shape index (κ2) is 9.89. The van der Waals surface area contributed by atoms with Crippen LogP contribution in [0.15, 0.2) is 82.7 Å². The lowest BCUT2D eigenvalue weighted by molar-refractivity contribution is 0.0520. The number of hydrogen-bond donors (Lipinski definition) is 0. The predicted octanol–water partition coefficient (Wildman–Crippen LogP) is 3.83. The van der Waals surface area contributed by atoms with Crippen molar-refractivity contribution < 1.29 is 18.9 Å². The van der Waals surface area contributed by atoms with Crippen LogP contribution in [0.5, 0.6) is 23.1 Å². The van der Waals surface area contributed by atoms with Gasteiger partial charge in [0.05, 0.1) is 11.4 Å². The highest BCUT2D eigenvalue weighted by Crippen LogP contribution is 2.33. The lowest BCUT2D eigenvalue weighted by atomic mass is 9.97. The molecule has 1 aromatic heterocycles. The van der Waals surface area contributed by atoms with Gasteiger partial charge in [-0.3, -0.25) is 9.56 Å². The van der Waals surface area contributed by atoms with Gasteiger partial charge in [0, 0.05) is 18.2 Å². The first kappa shape index (κ1) is 22.5. The number of rotatable bonds is 8. The van der Waals surface area contributed by atoms with E-state index >= 15 is 0 Å². The van der Waals surface area contributed by atoms with Gasteiger partial charge in [0.2, 0.25) is 5.88 Å². The van der Waals surface area contributed by atoms with Crippen molar-refractivity contribution in [3.05, 3.63) is 89.0 Å². The van der Waals surface area contributed by atoms with Gasteiger partial charge in [0.1, 0.15) is 25.6 Å². The summed E-state index contributed by atoms with van der Waals surface area (Å²) in [6.07, 6.45) is 3.80. The van der Waals surface area contributed by atoms with Gasteiger partial charge in [-0.15, -0.1) is 0 Å². The van der Waals surface area contributed by atoms with Crippen LogP contribution in [0, 0.1) is 0 Å². The zero-order chi connectivity index (χ0) is 24.2. The molecular weight excluding hydrogens is 446 g/mol. The number of aliphatic imine (C=N–C) groups is 1. The van der Waals surface area contributed by atoms with E-state index in [9.17, 15) is 4.79 Å². The molecule has 0 bridgehead atoms. The summed E-state index contributed by atoms with van der Waals surface area (Å²) in [4.78, 5) is 20.8. The molecule has 2 aliphatic rings. The molecule has 0 saturated heterocycles. The molecule has 0 fully saturated rings. The van der Waals surface area contributed by atoms with Gasteiger partial charge in [-0.05, 0) is 55.1 Å². The van der Waals surface area contributed by atoms with Gasteiger partial charge in [-0.2, -0.15) is 4.98 Å². The molecule has 0 aliphatic carbocycles. The SMILES string of the molecule is C=C/C=C(/COc1ccc2c(c1)CCn1c-2cc(OCC2COc3ccccc3O2)nc1=O)N=C. The van der Waals surface area contributed by atoms with Crippen molar-refractivity contribution in [2.45, 2.75) is 19.1 Å². The quantitative estimate of drug-likeness (QED) is 0.367. The van der Waals surface area contributed by atoms with Crippen molar-refractivity contribution in [3.8, 4) is 34.4 Å². The van der Waals surface area contributed by atoms with E-state index in [1.807, 2.05) is 42.5 Å². The average Bonchev–Trinajstić information content (AvgIpc) is 2.89. The number of fused-ring (bicyclic) bond motifs is 4. The Morgan fingerprint density at radius 3 is 2.89 bits per heavy atom. The fourth-order valence-electron chi connectivity index (χ4n) is 4.11. The van der Waals surface area contributed by atoms with Crippen molar-refractivity contribution in [1.82, 2.24) is 9.55 Å². The highest BCUT2D eigenvalue weighted by molar-refractivity contribution is 5.67. The minimum absolute atomic E-state index is 0.210. The second-order valence-corrected chi connectivity index (χ2v) is 8.13. The molecule has 1 atom stereocenters. The van der Waals surface area contributed by atoms with E-state index in [0.29, 0.717) is 43.4 Å². The minimum Gasteiger partial charge on any atom is -0.487 e. The highest BCUT2D eigenvalue weighted by Gasteiger charge is 2.23. The fraction of sp³-hybridized carbons (Fsp3) is 0.222. The summed E-state index contributed by atoms with van der Waals surface area (Å²) in [7, 11) is 0. The number of aryl methyl sites for hydroxylation is 1. The van der Waals surface area contributed by atoms with Gasteiger partial charge in [-0.25, -0.2) is 4.79 Å². The molecule has 0 saturated carbocycles. The Morgan fingerprint density at radius 2 is 2.06 bits per heavy atom. The Labute approximate surface area is 202 Å². The van der Waals surface area contributed by atoms with Crippen LogP contribution < -0.4 is 24.6 Å². The monoisotopic (exact) mass is 471 g/mol. The molecule has 1 unspecified atom stereocenters. The van der Waals surface area contributed by atoms with Gasteiger partial charge in [0.25, 0.3) is 0 Å². The van der Waals surface area contributed by atoms with E-state index in [-0.39, 0.29) is 24.3 Å². The molecule has 3 aromatic rings. The van der Waals surface area contributed by atoms with E-state index in [4.69, 9.17) is 18.9 Å².